The third kappa shape index (κ3) is 5.95. The van der Waals surface area contributed by atoms with E-state index < -0.39 is 0 Å². The molecule has 21 heavy (non-hydrogen) atoms. The molecule has 0 aromatic heterocycles. The van der Waals surface area contributed by atoms with Crippen LogP contribution in [0.1, 0.15) is 39.3 Å². The van der Waals surface area contributed by atoms with Crippen LogP contribution in [0.15, 0.2) is 24.3 Å². The molecule has 1 N–H and O–H groups in total. The Morgan fingerprint density at radius 3 is 2.43 bits per heavy atom. The van der Waals surface area contributed by atoms with Crippen molar-refractivity contribution in [3.8, 4) is 0 Å². The molecule has 120 valence electrons. The summed E-state index contributed by atoms with van der Waals surface area (Å²) in [7, 11) is 3.88. The number of benzene rings is 1. The van der Waals surface area contributed by atoms with Gasteiger partial charge in [0, 0.05) is 36.3 Å². The minimum absolute atomic E-state index is 0.0977. The van der Waals surface area contributed by atoms with Gasteiger partial charge in [-0.15, -0.1) is 0 Å². The summed E-state index contributed by atoms with van der Waals surface area (Å²) in [6, 6.07) is 8.56. The zero-order valence-electron chi connectivity index (χ0n) is 14.1. The van der Waals surface area contributed by atoms with Crippen LogP contribution < -0.4 is 5.32 Å². The zero-order valence-corrected chi connectivity index (χ0v) is 14.9. The lowest BCUT2D eigenvalue weighted by Crippen LogP contribution is -2.49. The SMILES string of the molecule is COCC(CNC(C)(C)C)N(C)C(C)c1ccccc1Cl. The maximum atomic E-state index is 6.32. The lowest BCUT2D eigenvalue weighted by Gasteiger charge is -2.35. The predicted molar refractivity (Wildman–Crippen MR) is 91.0 cm³/mol. The molecule has 2 unspecified atom stereocenters. The van der Waals surface area contributed by atoms with Crippen molar-refractivity contribution in [1.29, 1.82) is 0 Å². The summed E-state index contributed by atoms with van der Waals surface area (Å²) >= 11 is 6.32. The van der Waals surface area contributed by atoms with Gasteiger partial charge in [0.15, 0.2) is 0 Å². The highest BCUT2D eigenvalue weighted by Crippen LogP contribution is 2.27. The van der Waals surface area contributed by atoms with Crippen LogP contribution in [-0.2, 0) is 4.74 Å². The van der Waals surface area contributed by atoms with E-state index in [1.807, 2.05) is 18.2 Å². The molecular weight excluding hydrogens is 284 g/mol. The van der Waals surface area contributed by atoms with Crippen molar-refractivity contribution >= 4 is 11.6 Å². The minimum Gasteiger partial charge on any atom is -0.383 e. The molecule has 0 spiro atoms. The first-order valence-corrected chi connectivity index (χ1v) is 7.84. The molecule has 1 aromatic carbocycles. The lowest BCUT2D eigenvalue weighted by molar-refractivity contribution is 0.0799. The van der Waals surface area contributed by atoms with E-state index in [1.165, 1.54) is 0 Å². The Bertz CT molecular complexity index is 431. The molecular formula is C17H29ClN2O. The normalized spacial score (nSPS) is 15.2. The summed E-state index contributed by atoms with van der Waals surface area (Å²) in [5, 5.41) is 4.37. The highest BCUT2D eigenvalue weighted by molar-refractivity contribution is 6.31. The second-order valence-corrected chi connectivity index (χ2v) is 7.01. The third-order valence-corrected chi connectivity index (χ3v) is 4.11. The van der Waals surface area contributed by atoms with E-state index in [0.717, 1.165) is 17.1 Å². The summed E-state index contributed by atoms with van der Waals surface area (Å²) in [6.07, 6.45) is 0. The van der Waals surface area contributed by atoms with Crippen LogP contribution in [0.25, 0.3) is 0 Å². The van der Waals surface area contributed by atoms with Crippen LogP contribution in [0.2, 0.25) is 5.02 Å². The monoisotopic (exact) mass is 312 g/mol. The molecule has 0 saturated carbocycles. The van der Waals surface area contributed by atoms with Crippen molar-refractivity contribution in [3.05, 3.63) is 34.9 Å². The number of ether oxygens (including phenoxy) is 1. The Balaban J connectivity index is 2.80. The smallest absolute Gasteiger partial charge is 0.0630 e. The van der Waals surface area contributed by atoms with E-state index in [2.05, 4.69) is 51.0 Å². The molecule has 0 amide bonds. The van der Waals surface area contributed by atoms with Crippen molar-refractivity contribution in [1.82, 2.24) is 10.2 Å². The topological polar surface area (TPSA) is 24.5 Å². The van der Waals surface area contributed by atoms with Crippen molar-refractivity contribution in [2.75, 3.05) is 27.3 Å². The lowest BCUT2D eigenvalue weighted by atomic mass is 10.0. The van der Waals surface area contributed by atoms with Gasteiger partial charge in [-0.3, -0.25) is 4.90 Å². The standard InChI is InChI=1S/C17H29ClN2O/c1-13(15-9-7-8-10-16(15)18)20(5)14(12-21-6)11-19-17(2,3)4/h7-10,13-14,19H,11-12H2,1-6H3. The van der Waals surface area contributed by atoms with E-state index in [4.69, 9.17) is 16.3 Å². The van der Waals surface area contributed by atoms with Gasteiger partial charge in [0.25, 0.3) is 0 Å². The van der Waals surface area contributed by atoms with Crippen molar-refractivity contribution in [3.63, 3.8) is 0 Å². The van der Waals surface area contributed by atoms with E-state index >= 15 is 0 Å². The molecule has 0 saturated heterocycles. The maximum absolute atomic E-state index is 6.32. The first-order valence-electron chi connectivity index (χ1n) is 7.46. The fourth-order valence-corrected chi connectivity index (χ4v) is 2.58. The molecule has 0 radical (unpaired) electrons. The number of nitrogens with one attached hydrogen (secondary N) is 1. The van der Waals surface area contributed by atoms with Crippen LogP contribution >= 0.6 is 11.6 Å². The molecule has 0 bridgehead atoms. The quantitative estimate of drug-likeness (QED) is 0.830. The second kappa shape index (κ2) is 8.14. The van der Waals surface area contributed by atoms with Crippen molar-refractivity contribution < 1.29 is 4.74 Å². The van der Waals surface area contributed by atoms with E-state index in [-0.39, 0.29) is 11.6 Å². The molecule has 2 atom stereocenters. The van der Waals surface area contributed by atoms with Gasteiger partial charge in [0.1, 0.15) is 0 Å². The number of likely N-dealkylation sites (N-methyl/N-ethyl adjacent to an activating group) is 1. The van der Waals surface area contributed by atoms with Crippen molar-refractivity contribution in [2.24, 2.45) is 0 Å². The Morgan fingerprint density at radius 1 is 1.29 bits per heavy atom. The number of hydrogen-bond acceptors (Lipinski definition) is 3. The Hall–Kier alpha value is -0.610. The summed E-state index contributed by atoms with van der Waals surface area (Å²) < 4.78 is 5.39. The van der Waals surface area contributed by atoms with Gasteiger partial charge in [-0.25, -0.2) is 0 Å². The molecule has 4 heteroatoms. The Labute approximate surface area is 134 Å². The number of halogens is 1. The average Bonchev–Trinajstić information content (AvgIpc) is 2.41. The predicted octanol–water partition coefficient (Wildman–Crippen LogP) is 3.74. The summed E-state index contributed by atoms with van der Waals surface area (Å²) in [5.74, 6) is 0. The zero-order chi connectivity index (χ0) is 16.0. The molecule has 0 heterocycles. The first-order chi connectivity index (χ1) is 9.76. The van der Waals surface area contributed by atoms with Crippen LogP contribution in [-0.4, -0.2) is 43.8 Å². The summed E-state index contributed by atoms with van der Waals surface area (Å²) in [5.41, 5.74) is 1.25. The fraction of sp³-hybridized carbons (Fsp3) is 0.647. The molecule has 0 aliphatic heterocycles. The maximum Gasteiger partial charge on any atom is 0.0630 e. The highest BCUT2D eigenvalue weighted by atomic mass is 35.5. The molecule has 1 rings (SSSR count). The van der Waals surface area contributed by atoms with E-state index in [9.17, 15) is 0 Å². The number of rotatable bonds is 7. The van der Waals surface area contributed by atoms with Gasteiger partial charge in [0.05, 0.1) is 6.61 Å². The van der Waals surface area contributed by atoms with Crippen LogP contribution in [0.5, 0.6) is 0 Å². The largest absolute Gasteiger partial charge is 0.383 e. The molecule has 3 nitrogen and oxygen atoms in total. The Morgan fingerprint density at radius 2 is 1.90 bits per heavy atom. The average molecular weight is 313 g/mol. The molecule has 0 aliphatic carbocycles. The van der Waals surface area contributed by atoms with E-state index in [0.29, 0.717) is 12.6 Å². The van der Waals surface area contributed by atoms with E-state index in [1.54, 1.807) is 7.11 Å². The first kappa shape index (κ1) is 18.4. The van der Waals surface area contributed by atoms with Gasteiger partial charge in [0.2, 0.25) is 0 Å². The van der Waals surface area contributed by atoms with Crippen LogP contribution in [0, 0.1) is 0 Å². The fourth-order valence-electron chi connectivity index (χ4n) is 2.29. The molecule has 0 aliphatic rings. The van der Waals surface area contributed by atoms with Crippen LogP contribution in [0.4, 0.5) is 0 Å². The minimum atomic E-state index is 0.0977. The number of nitrogens with zero attached hydrogens (tertiary/aromatic N) is 1. The third-order valence-electron chi connectivity index (χ3n) is 3.77. The second-order valence-electron chi connectivity index (χ2n) is 6.60. The summed E-state index contributed by atoms with van der Waals surface area (Å²) in [4.78, 5) is 2.32. The van der Waals surface area contributed by atoms with Gasteiger partial charge in [-0.2, -0.15) is 0 Å². The molecule has 1 aromatic rings. The number of methoxy groups -OCH3 is 1. The van der Waals surface area contributed by atoms with Gasteiger partial charge >= 0.3 is 0 Å². The highest BCUT2D eigenvalue weighted by Gasteiger charge is 2.23. The van der Waals surface area contributed by atoms with Crippen molar-refractivity contribution in [2.45, 2.75) is 45.3 Å². The van der Waals surface area contributed by atoms with Crippen LogP contribution in [0.3, 0.4) is 0 Å². The van der Waals surface area contributed by atoms with Gasteiger partial charge in [-0.1, -0.05) is 29.8 Å². The molecule has 0 fully saturated rings. The number of hydrogen-bond donors (Lipinski definition) is 1. The van der Waals surface area contributed by atoms with Gasteiger partial charge in [-0.05, 0) is 46.4 Å². The summed E-state index contributed by atoms with van der Waals surface area (Å²) in [6.45, 7) is 10.3. The Kier molecular flexibility index (Phi) is 7.14. The van der Waals surface area contributed by atoms with Gasteiger partial charge < -0.3 is 10.1 Å².